The number of allylic oxidation sites excluding steroid dienone is 1. The minimum Gasteiger partial charge on any atom is -0.453 e. The highest BCUT2D eigenvalue weighted by Crippen LogP contribution is 2.41. The number of nitrogens with two attached hydrogens (primary N) is 1. The summed E-state index contributed by atoms with van der Waals surface area (Å²) in [7, 11) is 1.92. The first-order valence-electron chi connectivity index (χ1n) is 24.9. The highest BCUT2D eigenvalue weighted by atomic mass is 19.4. The third-order valence-electron chi connectivity index (χ3n) is 13.9. The largest absolute Gasteiger partial charge is 0.453 e. The van der Waals surface area contributed by atoms with Crippen LogP contribution in [0.15, 0.2) is 65.9 Å². The van der Waals surface area contributed by atoms with E-state index in [4.69, 9.17) is 15.5 Å². The summed E-state index contributed by atoms with van der Waals surface area (Å²) in [5.74, 6) is 2.02. The molecule has 1 aromatic heterocycles. The average molecular weight is 1100 g/mol. The molecule has 6 atom stereocenters. The minimum absolute atomic E-state index is 0.288. The van der Waals surface area contributed by atoms with Gasteiger partial charge in [0.1, 0.15) is 29.5 Å². The number of benzene rings is 2. The van der Waals surface area contributed by atoms with E-state index in [0.29, 0.717) is 54.9 Å². The number of hydrogen-bond acceptors (Lipinski definition) is 14. The lowest BCUT2D eigenvalue weighted by atomic mass is 9.82. The molecule has 0 radical (unpaired) electrons. The highest BCUT2D eigenvalue weighted by Gasteiger charge is 2.56. The number of fused-ring (bicyclic) bond motifs is 2. The van der Waals surface area contributed by atoms with Crippen molar-refractivity contribution < 1.29 is 69.2 Å². The molecule has 3 saturated heterocycles. The molecule has 2 unspecified atom stereocenters. The van der Waals surface area contributed by atoms with Gasteiger partial charge in [0.05, 0.1) is 51.0 Å². The fourth-order valence-electron chi connectivity index (χ4n) is 9.38. The van der Waals surface area contributed by atoms with Crippen molar-refractivity contribution in [3.8, 4) is 11.8 Å². The predicted octanol–water partition coefficient (Wildman–Crippen LogP) is 5.41. The number of aliphatic hydroxyl groups excluding tert-OH is 1. The molecular formula is C53H65F7N10O8. The number of aliphatic imine (C=N–C) groups is 1. The Hall–Kier alpha value is -7.01. The van der Waals surface area contributed by atoms with E-state index in [1.807, 2.05) is 17.4 Å². The van der Waals surface area contributed by atoms with Crippen molar-refractivity contribution in [3.63, 3.8) is 0 Å². The van der Waals surface area contributed by atoms with Crippen LogP contribution in [0.25, 0.3) is 5.57 Å². The molecule has 25 heteroatoms. The normalized spacial score (nSPS) is 18.8. The van der Waals surface area contributed by atoms with Crippen molar-refractivity contribution in [2.75, 3.05) is 52.0 Å². The van der Waals surface area contributed by atoms with E-state index in [9.17, 15) is 46.2 Å². The molecule has 424 valence electrons. The van der Waals surface area contributed by atoms with Gasteiger partial charge < -0.3 is 45.9 Å². The summed E-state index contributed by atoms with van der Waals surface area (Å²) in [6.45, 7) is 4.41. The number of piperazine rings is 1. The van der Waals surface area contributed by atoms with Gasteiger partial charge >= 0.3 is 24.9 Å². The van der Waals surface area contributed by atoms with Crippen molar-refractivity contribution in [2.24, 2.45) is 21.6 Å². The Labute approximate surface area is 447 Å². The number of pyridine rings is 1. The number of alkyl halides is 5. The fraction of sp³-hybridized carbons (Fsp3) is 0.509. The molecule has 4 heterocycles. The number of hydrogen-bond donors (Lipinski definition) is 6. The lowest BCUT2D eigenvalue weighted by Gasteiger charge is -2.47. The van der Waals surface area contributed by atoms with Crippen LogP contribution in [0.5, 0.6) is 0 Å². The fourth-order valence-corrected chi connectivity index (χ4v) is 9.38. The van der Waals surface area contributed by atoms with E-state index < -0.39 is 102 Å². The molecule has 0 aliphatic carbocycles. The van der Waals surface area contributed by atoms with Crippen LogP contribution in [0.3, 0.4) is 0 Å². The van der Waals surface area contributed by atoms with Gasteiger partial charge in [-0.05, 0) is 86.1 Å². The summed E-state index contributed by atoms with van der Waals surface area (Å²) < 4.78 is 116. The van der Waals surface area contributed by atoms with Gasteiger partial charge in [-0.25, -0.2) is 33.4 Å². The number of ether oxygens (including phenoxy) is 3. The van der Waals surface area contributed by atoms with E-state index in [0.717, 1.165) is 82.5 Å². The average Bonchev–Trinajstić information content (AvgIpc) is 3.62. The van der Waals surface area contributed by atoms with Gasteiger partial charge in [0.2, 0.25) is 5.91 Å². The van der Waals surface area contributed by atoms with Crippen molar-refractivity contribution in [1.29, 1.82) is 0 Å². The number of methoxy groups -OCH3 is 2. The monoisotopic (exact) mass is 1100 g/mol. The number of alkyl carbamates (subject to hydrolysis) is 2. The quantitative estimate of drug-likeness (QED) is 0.0291. The van der Waals surface area contributed by atoms with E-state index in [1.165, 1.54) is 0 Å². The number of aromatic nitrogens is 1. The zero-order valence-electron chi connectivity index (χ0n) is 44.1. The van der Waals surface area contributed by atoms with Crippen LogP contribution in [0.2, 0.25) is 0 Å². The Morgan fingerprint density at radius 1 is 0.872 bits per heavy atom. The molecule has 3 fully saturated rings. The minimum atomic E-state index is -5.09. The Morgan fingerprint density at radius 2 is 1.45 bits per heavy atom. The summed E-state index contributed by atoms with van der Waals surface area (Å²) in [5.41, 5.74) is 4.18. The number of carbonyl (C=O) groups is 4. The van der Waals surface area contributed by atoms with Crippen LogP contribution in [-0.4, -0.2) is 152 Å². The second-order valence-electron chi connectivity index (χ2n) is 20.8. The molecule has 7 N–H and O–H groups in total. The standard InChI is InChI=1S/C53H65F7N10O8/c1-51(2,3)44(65-49(74)76-6)47(73)67-69(26-38-39(54)19-33(20-40(38)55)34(21-61)23-63-48(56)57)27-42(71)41(64-46(72)45(66-50(75)77-7)52(4,5)53(58,59)60)18-31-11-8-30(9-12-31)10-13-32-14-17-43(62-22-32)68-24-35-15-16-36(25-68)70(35)37-28-78-29-37/h8-9,11-12,14,17,19-23,35-37,41-42,44-45,48,71H,15-16,18,24-29,61H2,1-7H3,(H,64,72)(H,65,74)(H,66,75)(H,67,73)/b34-21+,63-23+/t35?,36?,41-,42-,44+,45+/m0/s1. The third kappa shape index (κ3) is 15.2. The summed E-state index contributed by atoms with van der Waals surface area (Å²) in [6, 6.07) is 7.72. The number of anilines is 1. The molecular weight excluding hydrogens is 1040 g/mol. The molecule has 6 rings (SSSR count). The van der Waals surface area contributed by atoms with Gasteiger partial charge in [-0.2, -0.15) is 22.0 Å². The molecule has 0 saturated carbocycles. The van der Waals surface area contributed by atoms with Crippen LogP contribution in [-0.2, 0) is 36.8 Å². The smallest absolute Gasteiger partial charge is 0.407 e. The van der Waals surface area contributed by atoms with Crippen molar-refractivity contribution in [1.82, 2.24) is 36.3 Å². The first-order valence-corrected chi connectivity index (χ1v) is 24.9. The molecule has 3 aliphatic rings. The van der Waals surface area contributed by atoms with Crippen LogP contribution in [0.4, 0.5) is 46.1 Å². The summed E-state index contributed by atoms with van der Waals surface area (Å²) in [4.78, 5) is 65.5. The zero-order chi connectivity index (χ0) is 57.3. The molecule has 3 aliphatic heterocycles. The maximum atomic E-state index is 16.0. The maximum Gasteiger partial charge on any atom is 0.407 e. The van der Waals surface area contributed by atoms with Gasteiger partial charge in [-0.15, -0.1) is 0 Å². The molecule has 2 aromatic carbocycles. The van der Waals surface area contributed by atoms with E-state index in [2.05, 4.69) is 52.2 Å². The van der Waals surface area contributed by atoms with Gasteiger partial charge in [0.15, 0.2) is 0 Å². The molecule has 0 spiro atoms. The van der Waals surface area contributed by atoms with Gasteiger partial charge in [-0.3, -0.25) is 19.9 Å². The van der Waals surface area contributed by atoms with Crippen LogP contribution in [0.1, 0.15) is 75.3 Å². The third-order valence-corrected chi connectivity index (χ3v) is 13.9. The van der Waals surface area contributed by atoms with Crippen molar-refractivity contribution in [3.05, 3.63) is 100 Å². The number of amides is 4. The lowest BCUT2D eigenvalue weighted by molar-refractivity contribution is -0.220. The SMILES string of the molecule is COC(=O)N[C@H](C(=O)NN(Cc1c(F)cc(C(=C/N)/C=N/C(F)F)cc1F)C[C@H](O)[C@H](Cc1ccc(C#Cc2ccc(N3CC4CCC(C3)N4C3COC3)nc2)cc1)NC(=O)[C@@H](NC(=O)OC)C(C)(C)C(F)(F)F)C(C)(C)C. The Balaban J connectivity index is 1.29. The first kappa shape index (κ1) is 60.2. The van der Waals surface area contributed by atoms with E-state index in [-0.39, 0.29) is 17.6 Å². The van der Waals surface area contributed by atoms with Crippen LogP contribution < -0.4 is 32.0 Å². The highest BCUT2D eigenvalue weighted by molar-refractivity contribution is 6.09. The summed E-state index contributed by atoms with van der Waals surface area (Å²) in [6.07, 6.45) is -4.44. The van der Waals surface area contributed by atoms with Crippen LogP contribution >= 0.6 is 0 Å². The second-order valence-corrected chi connectivity index (χ2v) is 20.8. The van der Waals surface area contributed by atoms with Crippen molar-refractivity contribution in [2.45, 2.75) is 116 Å². The summed E-state index contributed by atoms with van der Waals surface area (Å²) in [5, 5.41) is 19.7. The lowest BCUT2D eigenvalue weighted by Crippen LogP contribution is -2.63. The number of aliphatic hydroxyl groups is 1. The zero-order valence-corrected chi connectivity index (χ0v) is 44.1. The van der Waals surface area contributed by atoms with E-state index in [1.54, 1.807) is 51.2 Å². The molecule has 78 heavy (non-hydrogen) atoms. The van der Waals surface area contributed by atoms with Gasteiger partial charge in [0, 0.05) is 79.1 Å². The topological polar surface area (TPSA) is 225 Å². The summed E-state index contributed by atoms with van der Waals surface area (Å²) >= 11 is 0. The number of nitrogens with zero attached hydrogens (tertiary/aromatic N) is 5. The molecule has 18 nitrogen and oxygen atoms in total. The van der Waals surface area contributed by atoms with E-state index >= 15 is 8.78 Å². The van der Waals surface area contributed by atoms with Crippen molar-refractivity contribution >= 4 is 41.6 Å². The number of halogens is 7. The molecule has 2 bridgehead atoms. The Kier molecular flexibility index (Phi) is 19.8. The number of rotatable bonds is 19. The number of hydrazine groups is 1. The number of nitrogens with one attached hydrogen (secondary N) is 4. The maximum absolute atomic E-state index is 16.0. The second kappa shape index (κ2) is 25.6. The Morgan fingerprint density at radius 3 is 1.95 bits per heavy atom. The predicted molar refractivity (Wildman–Crippen MR) is 273 cm³/mol. The van der Waals surface area contributed by atoms with Gasteiger partial charge in [0.25, 0.3) is 5.91 Å². The van der Waals surface area contributed by atoms with Gasteiger partial charge in [-0.1, -0.05) is 44.7 Å². The Bertz CT molecular complexity index is 2690. The number of carbonyl (C=O) groups excluding carboxylic acids is 4. The first-order chi connectivity index (χ1) is 36.7. The molecule has 3 aromatic rings. The molecule has 4 amide bonds. The van der Waals surface area contributed by atoms with Crippen LogP contribution in [0, 0.1) is 34.3 Å².